The van der Waals surface area contributed by atoms with Gasteiger partial charge in [0.15, 0.2) is 0 Å². The minimum absolute atomic E-state index is 0.132. The third-order valence-corrected chi connectivity index (χ3v) is 4.57. The normalized spacial score (nSPS) is 14.0. The molecule has 2 aromatic rings. The zero-order valence-corrected chi connectivity index (χ0v) is 15.7. The molecular formula is C18H15BrClN3O2. The van der Waals surface area contributed by atoms with Crippen LogP contribution in [0.3, 0.4) is 0 Å². The summed E-state index contributed by atoms with van der Waals surface area (Å²) >= 11 is 9.31. The zero-order valence-electron chi connectivity index (χ0n) is 13.3. The number of hydrogen-bond donors (Lipinski definition) is 2. The Morgan fingerprint density at radius 1 is 1.24 bits per heavy atom. The van der Waals surface area contributed by atoms with Crippen LogP contribution in [0.5, 0.6) is 0 Å². The monoisotopic (exact) mass is 419 g/mol. The Hall–Kier alpha value is -2.31. The smallest absolute Gasteiger partial charge is 0.273 e. The van der Waals surface area contributed by atoms with Gasteiger partial charge in [-0.15, -0.1) is 0 Å². The molecule has 3 rings (SSSR count). The Kier molecular flexibility index (Phi) is 5.11. The van der Waals surface area contributed by atoms with Crippen LogP contribution in [0.1, 0.15) is 12.0 Å². The highest BCUT2D eigenvalue weighted by Gasteiger charge is 2.24. The molecule has 1 aliphatic rings. The van der Waals surface area contributed by atoms with E-state index in [1.54, 1.807) is 30.3 Å². The molecule has 2 aromatic carbocycles. The Bertz CT molecular complexity index is 865. The van der Waals surface area contributed by atoms with Crippen LogP contribution in [0.4, 0.5) is 11.4 Å². The summed E-state index contributed by atoms with van der Waals surface area (Å²) in [6.07, 6.45) is 1.71. The molecule has 0 radical (unpaired) electrons. The van der Waals surface area contributed by atoms with Gasteiger partial charge < -0.3 is 5.32 Å². The first kappa shape index (κ1) is 17.5. The summed E-state index contributed by atoms with van der Waals surface area (Å²) < 4.78 is 0.794. The van der Waals surface area contributed by atoms with Crippen molar-refractivity contribution in [3.63, 3.8) is 0 Å². The lowest BCUT2D eigenvalue weighted by molar-refractivity contribution is -0.119. The van der Waals surface area contributed by atoms with Crippen molar-refractivity contribution in [3.05, 3.63) is 69.3 Å². The van der Waals surface area contributed by atoms with E-state index in [1.165, 1.54) is 5.01 Å². The van der Waals surface area contributed by atoms with Crippen LogP contribution in [-0.2, 0) is 9.59 Å². The van der Waals surface area contributed by atoms with Crippen molar-refractivity contribution >= 4 is 50.7 Å². The molecule has 0 unspecified atom stereocenters. The number of hydrogen-bond acceptors (Lipinski definition) is 3. The number of nitrogens with one attached hydrogen (secondary N) is 2. The molecule has 0 spiro atoms. The SMILES string of the molecule is Cc1ccc(NC(=O)C2=CCC(=O)N(c3ccc(Cl)cc3)N2)c(Br)c1. The van der Waals surface area contributed by atoms with Crippen LogP contribution in [0.25, 0.3) is 0 Å². The zero-order chi connectivity index (χ0) is 18.0. The van der Waals surface area contributed by atoms with Gasteiger partial charge in [-0.05, 0) is 70.9 Å². The maximum absolute atomic E-state index is 12.5. The molecule has 0 atom stereocenters. The summed E-state index contributed by atoms with van der Waals surface area (Å²) in [5.41, 5.74) is 5.53. The number of rotatable bonds is 3. The van der Waals surface area contributed by atoms with E-state index in [-0.39, 0.29) is 18.2 Å². The average Bonchev–Trinajstić information content (AvgIpc) is 2.58. The molecule has 7 heteroatoms. The number of nitrogens with zero attached hydrogens (tertiary/aromatic N) is 1. The molecule has 5 nitrogen and oxygen atoms in total. The van der Waals surface area contributed by atoms with Crippen molar-refractivity contribution in [1.82, 2.24) is 5.43 Å². The van der Waals surface area contributed by atoms with Gasteiger partial charge in [0.05, 0.1) is 11.4 Å². The molecule has 25 heavy (non-hydrogen) atoms. The van der Waals surface area contributed by atoms with Crippen molar-refractivity contribution in [2.75, 3.05) is 10.3 Å². The van der Waals surface area contributed by atoms with Crippen LogP contribution in [0.15, 0.2) is 58.7 Å². The van der Waals surface area contributed by atoms with Crippen LogP contribution >= 0.6 is 27.5 Å². The number of anilines is 2. The van der Waals surface area contributed by atoms with Gasteiger partial charge >= 0.3 is 0 Å². The number of amides is 2. The van der Waals surface area contributed by atoms with Gasteiger partial charge in [-0.2, -0.15) is 0 Å². The van der Waals surface area contributed by atoms with E-state index in [4.69, 9.17) is 11.6 Å². The fourth-order valence-corrected chi connectivity index (χ4v) is 3.08. The fourth-order valence-electron chi connectivity index (χ4n) is 2.36. The highest BCUT2D eigenvalue weighted by molar-refractivity contribution is 9.10. The molecule has 0 bridgehead atoms. The van der Waals surface area contributed by atoms with Gasteiger partial charge in [0.25, 0.3) is 5.91 Å². The van der Waals surface area contributed by atoms with Gasteiger partial charge in [0.2, 0.25) is 5.91 Å². The lowest BCUT2D eigenvalue weighted by Crippen LogP contribution is -2.47. The van der Waals surface area contributed by atoms with Crippen LogP contribution in [-0.4, -0.2) is 11.8 Å². The first-order valence-electron chi connectivity index (χ1n) is 7.57. The number of benzene rings is 2. The number of carbonyl (C=O) groups excluding carboxylic acids is 2. The van der Waals surface area contributed by atoms with E-state index in [2.05, 4.69) is 26.7 Å². The van der Waals surface area contributed by atoms with E-state index < -0.39 is 0 Å². The number of hydrazine groups is 1. The molecule has 0 aliphatic carbocycles. The topological polar surface area (TPSA) is 61.4 Å². The second-order valence-electron chi connectivity index (χ2n) is 5.58. The molecule has 2 amide bonds. The summed E-state index contributed by atoms with van der Waals surface area (Å²) in [5, 5.41) is 4.75. The molecule has 128 valence electrons. The van der Waals surface area contributed by atoms with E-state index in [0.29, 0.717) is 22.1 Å². The number of carbonyl (C=O) groups is 2. The summed E-state index contributed by atoms with van der Waals surface area (Å²) in [6, 6.07) is 12.5. The first-order valence-corrected chi connectivity index (χ1v) is 8.74. The van der Waals surface area contributed by atoms with Gasteiger partial charge in [-0.25, -0.2) is 5.01 Å². The second kappa shape index (κ2) is 7.29. The van der Waals surface area contributed by atoms with Crippen molar-refractivity contribution in [2.24, 2.45) is 0 Å². The summed E-state index contributed by atoms with van der Waals surface area (Å²) in [6.45, 7) is 1.97. The summed E-state index contributed by atoms with van der Waals surface area (Å²) in [5.74, 6) is -0.480. The van der Waals surface area contributed by atoms with E-state index in [0.717, 1.165) is 10.0 Å². The van der Waals surface area contributed by atoms with Crippen molar-refractivity contribution < 1.29 is 9.59 Å². The summed E-state index contributed by atoms with van der Waals surface area (Å²) in [4.78, 5) is 24.7. The Morgan fingerprint density at radius 3 is 2.64 bits per heavy atom. The van der Waals surface area contributed by atoms with Crippen LogP contribution in [0, 0.1) is 6.92 Å². The third kappa shape index (κ3) is 4.03. The van der Waals surface area contributed by atoms with Gasteiger partial charge in [0, 0.05) is 15.9 Å². The minimum Gasteiger partial charge on any atom is -0.320 e. The minimum atomic E-state index is -0.323. The molecule has 1 aliphatic heterocycles. The van der Waals surface area contributed by atoms with Gasteiger partial charge in [-0.3, -0.25) is 15.0 Å². The molecule has 0 saturated heterocycles. The van der Waals surface area contributed by atoms with Crippen molar-refractivity contribution in [2.45, 2.75) is 13.3 Å². The molecule has 0 fully saturated rings. The quantitative estimate of drug-likeness (QED) is 0.783. The lowest BCUT2D eigenvalue weighted by atomic mass is 10.2. The van der Waals surface area contributed by atoms with E-state index >= 15 is 0 Å². The van der Waals surface area contributed by atoms with Crippen molar-refractivity contribution in [1.29, 1.82) is 0 Å². The van der Waals surface area contributed by atoms with Gasteiger partial charge in [0.1, 0.15) is 5.70 Å². The average molecular weight is 421 g/mol. The standard InChI is InChI=1S/C18H15BrClN3O2/c1-11-2-7-15(14(19)10-11)21-18(25)16-8-9-17(24)23(22-16)13-5-3-12(20)4-6-13/h2-8,10,22H,9H2,1H3,(H,21,25). The maximum Gasteiger partial charge on any atom is 0.273 e. The lowest BCUT2D eigenvalue weighted by Gasteiger charge is -2.28. The summed E-state index contributed by atoms with van der Waals surface area (Å²) in [7, 11) is 0. The highest BCUT2D eigenvalue weighted by atomic mass is 79.9. The predicted octanol–water partition coefficient (Wildman–Crippen LogP) is 4.17. The Morgan fingerprint density at radius 2 is 1.96 bits per heavy atom. The number of halogens is 2. The molecule has 0 aromatic heterocycles. The molecule has 2 N–H and O–H groups in total. The second-order valence-corrected chi connectivity index (χ2v) is 6.87. The van der Waals surface area contributed by atoms with Crippen molar-refractivity contribution in [3.8, 4) is 0 Å². The Balaban J connectivity index is 1.77. The Labute approximate surface area is 158 Å². The highest BCUT2D eigenvalue weighted by Crippen LogP contribution is 2.25. The van der Waals surface area contributed by atoms with Crippen LogP contribution < -0.4 is 15.8 Å². The molecule has 0 saturated carbocycles. The predicted molar refractivity (Wildman–Crippen MR) is 102 cm³/mol. The van der Waals surface area contributed by atoms with Gasteiger partial charge in [-0.1, -0.05) is 17.7 Å². The first-order chi connectivity index (χ1) is 11.9. The fraction of sp³-hybridized carbons (Fsp3) is 0.111. The third-order valence-electron chi connectivity index (χ3n) is 3.66. The van der Waals surface area contributed by atoms with E-state index in [1.807, 2.05) is 25.1 Å². The number of aryl methyl sites for hydroxylation is 1. The largest absolute Gasteiger partial charge is 0.320 e. The molecule has 1 heterocycles. The maximum atomic E-state index is 12.5. The molecular weight excluding hydrogens is 406 g/mol. The van der Waals surface area contributed by atoms with E-state index in [9.17, 15) is 9.59 Å². The van der Waals surface area contributed by atoms with Crippen LogP contribution in [0.2, 0.25) is 5.02 Å².